The molecule has 0 heterocycles. The topological polar surface area (TPSA) is 42.5 Å². The number of thiocarbonyl (C=S) groups is 1. The summed E-state index contributed by atoms with van der Waals surface area (Å²) in [4.78, 5) is 1.18. The summed E-state index contributed by atoms with van der Waals surface area (Å²) in [6, 6.07) is 13.6. The van der Waals surface area contributed by atoms with Crippen LogP contribution in [0.3, 0.4) is 0 Å². The first-order valence-corrected chi connectivity index (χ1v) is 8.23. The van der Waals surface area contributed by atoms with Gasteiger partial charge in [-0.2, -0.15) is 0 Å². The van der Waals surface area contributed by atoms with Crippen molar-refractivity contribution in [3.63, 3.8) is 0 Å². The van der Waals surface area contributed by atoms with Crippen LogP contribution in [0.5, 0.6) is 11.5 Å². The molecular formula is C16H18N2O2S2. The molecule has 4 nitrogen and oxygen atoms in total. The van der Waals surface area contributed by atoms with E-state index in [2.05, 4.69) is 16.7 Å². The molecular weight excluding hydrogens is 316 g/mol. The van der Waals surface area contributed by atoms with Gasteiger partial charge in [0.25, 0.3) is 0 Å². The van der Waals surface area contributed by atoms with Gasteiger partial charge < -0.3 is 20.1 Å². The van der Waals surface area contributed by atoms with Gasteiger partial charge in [-0.05, 0) is 48.8 Å². The number of methoxy groups -OCH3 is 2. The van der Waals surface area contributed by atoms with Crippen LogP contribution in [0.2, 0.25) is 0 Å². The summed E-state index contributed by atoms with van der Waals surface area (Å²) in [6.45, 7) is 0. The second-order valence-electron chi connectivity index (χ2n) is 4.38. The Morgan fingerprint density at radius 1 is 1.05 bits per heavy atom. The van der Waals surface area contributed by atoms with E-state index in [0.717, 1.165) is 17.1 Å². The minimum atomic E-state index is 0.502. The Balaban J connectivity index is 2.08. The van der Waals surface area contributed by atoms with Gasteiger partial charge in [-0.1, -0.05) is 6.07 Å². The summed E-state index contributed by atoms with van der Waals surface area (Å²) < 4.78 is 10.5. The standard InChI is InChI=1S/C16H18N2O2S2/c1-19-12-7-8-14(15(10-12)20-2)18-16(21)17-11-5-4-6-13(9-11)22-3/h4-10H,1-3H3,(H2,17,18,21). The highest BCUT2D eigenvalue weighted by atomic mass is 32.2. The maximum atomic E-state index is 5.35. The highest BCUT2D eigenvalue weighted by Gasteiger charge is 2.07. The van der Waals surface area contributed by atoms with Gasteiger partial charge in [0.05, 0.1) is 19.9 Å². The zero-order valence-electron chi connectivity index (χ0n) is 12.7. The van der Waals surface area contributed by atoms with Crippen molar-refractivity contribution >= 4 is 40.5 Å². The van der Waals surface area contributed by atoms with Crippen molar-refractivity contribution in [3.8, 4) is 11.5 Å². The van der Waals surface area contributed by atoms with Gasteiger partial charge in [-0.25, -0.2) is 0 Å². The lowest BCUT2D eigenvalue weighted by molar-refractivity contribution is 0.395. The molecule has 0 unspecified atom stereocenters. The molecule has 0 fully saturated rings. The summed E-state index contributed by atoms with van der Waals surface area (Å²) in [5.41, 5.74) is 1.72. The molecule has 0 saturated carbocycles. The van der Waals surface area contributed by atoms with E-state index in [4.69, 9.17) is 21.7 Å². The van der Waals surface area contributed by atoms with Crippen molar-refractivity contribution in [2.45, 2.75) is 4.90 Å². The third-order valence-electron chi connectivity index (χ3n) is 2.98. The minimum absolute atomic E-state index is 0.502. The molecule has 0 aliphatic heterocycles. The first kappa shape index (κ1) is 16.5. The van der Waals surface area contributed by atoms with E-state index in [0.29, 0.717) is 10.9 Å². The van der Waals surface area contributed by atoms with Gasteiger partial charge in [0.1, 0.15) is 11.5 Å². The first-order valence-electron chi connectivity index (χ1n) is 6.60. The van der Waals surface area contributed by atoms with E-state index in [-0.39, 0.29) is 0 Å². The van der Waals surface area contributed by atoms with Crippen molar-refractivity contribution in [1.82, 2.24) is 0 Å². The Morgan fingerprint density at radius 2 is 1.86 bits per heavy atom. The third-order valence-corrected chi connectivity index (χ3v) is 3.91. The normalized spacial score (nSPS) is 9.95. The maximum absolute atomic E-state index is 5.35. The van der Waals surface area contributed by atoms with Gasteiger partial charge in [-0.3, -0.25) is 0 Å². The molecule has 0 aliphatic rings. The molecule has 2 rings (SSSR count). The Morgan fingerprint density at radius 3 is 2.55 bits per heavy atom. The molecule has 2 N–H and O–H groups in total. The summed E-state index contributed by atoms with van der Waals surface area (Å²) >= 11 is 7.04. The fraction of sp³-hybridized carbons (Fsp3) is 0.188. The van der Waals surface area contributed by atoms with Crippen LogP contribution in [0.25, 0.3) is 0 Å². The summed E-state index contributed by atoms with van der Waals surface area (Å²) in [7, 11) is 3.23. The number of rotatable bonds is 5. The molecule has 0 atom stereocenters. The van der Waals surface area contributed by atoms with Gasteiger partial charge in [-0.15, -0.1) is 11.8 Å². The lowest BCUT2D eigenvalue weighted by Crippen LogP contribution is -2.19. The second-order valence-corrected chi connectivity index (χ2v) is 5.67. The van der Waals surface area contributed by atoms with Crippen LogP contribution < -0.4 is 20.1 Å². The zero-order valence-corrected chi connectivity index (χ0v) is 14.3. The van der Waals surface area contributed by atoms with Crippen LogP contribution >= 0.6 is 24.0 Å². The van der Waals surface area contributed by atoms with E-state index < -0.39 is 0 Å². The van der Waals surface area contributed by atoms with Crippen LogP contribution in [-0.2, 0) is 0 Å². The van der Waals surface area contributed by atoms with Crippen LogP contribution in [0.4, 0.5) is 11.4 Å². The smallest absolute Gasteiger partial charge is 0.175 e. The summed E-state index contributed by atoms with van der Waals surface area (Å²) in [6.07, 6.45) is 2.04. The van der Waals surface area contributed by atoms with E-state index in [1.165, 1.54) is 4.90 Å². The van der Waals surface area contributed by atoms with Crippen LogP contribution in [0.1, 0.15) is 0 Å². The number of benzene rings is 2. The van der Waals surface area contributed by atoms with Gasteiger partial charge in [0.2, 0.25) is 0 Å². The number of anilines is 2. The SMILES string of the molecule is COc1ccc(NC(=S)Nc2cccc(SC)c2)c(OC)c1. The fourth-order valence-corrected chi connectivity index (χ4v) is 2.57. The first-order chi connectivity index (χ1) is 10.7. The number of nitrogens with one attached hydrogen (secondary N) is 2. The molecule has 0 bridgehead atoms. The largest absolute Gasteiger partial charge is 0.497 e. The number of thioether (sulfide) groups is 1. The number of ether oxygens (including phenoxy) is 2. The molecule has 22 heavy (non-hydrogen) atoms. The molecule has 0 aromatic heterocycles. The van der Waals surface area contributed by atoms with Crippen LogP contribution in [0, 0.1) is 0 Å². The molecule has 2 aromatic rings. The Bertz CT molecular complexity index is 662. The van der Waals surface area contributed by atoms with Crippen LogP contribution in [-0.4, -0.2) is 25.6 Å². The molecule has 0 saturated heterocycles. The molecule has 2 aromatic carbocycles. The highest BCUT2D eigenvalue weighted by molar-refractivity contribution is 7.98. The van der Waals surface area contributed by atoms with Gasteiger partial charge >= 0.3 is 0 Å². The van der Waals surface area contributed by atoms with Crippen molar-refractivity contribution < 1.29 is 9.47 Å². The molecule has 0 radical (unpaired) electrons. The summed E-state index contributed by atoms with van der Waals surface area (Å²) in [5, 5.41) is 6.80. The van der Waals surface area contributed by atoms with E-state index in [1.807, 2.05) is 36.6 Å². The average Bonchev–Trinajstić information content (AvgIpc) is 2.55. The molecule has 6 heteroatoms. The van der Waals surface area contributed by atoms with E-state index in [9.17, 15) is 0 Å². The van der Waals surface area contributed by atoms with E-state index in [1.54, 1.807) is 32.0 Å². The van der Waals surface area contributed by atoms with Crippen LogP contribution in [0.15, 0.2) is 47.4 Å². The fourth-order valence-electron chi connectivity index (χ4n) is 1.89. The number of hydrogen-bond donors (Lipinski definition) is 2. The van der Waals surface area contributed by atoms with Crippen molar-refractivity contribution in [3.05, 3.63) is 42.5 Å². The van der Waals surface area contributed by atoms with Crippen molar-refractivity contribution in [1.29, 1.82) is 0 Å². The maximum Gasteiger partial charge on any atom is 0.175 e. The quantitative estimate of drug-likeness (QED) is 0.630. The lowest BCUT2D eigenvalue weighted by Gasteiger charge is -2.14. The average molecular weight is 334 g/mol. The Kier molecular flexibility index (Phi) is 5.91. The lowest BCUT2D eigenvalue weighted by atomic mass is 10.2. The second kappa shape index (κ2) is 7.91. The zero-order chi connectivity index (χ0) is 15.9. The molecule has 0 aliphatic carbocycles. The van der Waals surface area contributed by atoms with Gasteiger partial charge in [0.15, 0.2) is 5.11 Å². The predicted molar refractivity (Wildman–Crippen MR) is 97.6 cm³/mol. The van der Waals surface area contributed by atoms with Gasteiger partial charge in [0, 0.05) is 16.6 Å². The molecule has 116 valence electrons. The Labute approximate surface area is 140 Å². The van der Waals surface area contributed by atoms with Crippen molar-refractivity contribution in [2.24, 2.45) is 0 Å². The minimum Gasteiger partial charge on any atom is -0.497 e. The summed E-state index contributed by atoms with van der Waals surface area (Å²) in [5.74, 6) is 1.40. The monoisotopic (exact) mass is 334 g/mol. The van der Waals surface area contributed by atoms with E-state index >= 15 is 0 Å². The van der Waals surface area contributed by atoms with Crippen molar-refractivity contribution in [2.75, 3.05) is 31.1 Å². The highest BCUT2D eigenvalue weighted by Crippen LogP contribution is 2.29. The number of hydrogen-bond acceptors (Lipinski definition) is 4. The third kappa shape index (κ3) is 4.29. The molecule has 0 amide bonds. The molecule has 0 spiro atoms. The Hall–Kier alpha value is -1.92. The predicted octanol–water partition coefficient (Wildman–Crippen LogP) is 4.23.